The van der Waals surface area contributed by atoms with Crippen molar-refractivity contribution in [3.63, 3.8) is 0 Å². The third kappa shape index (κ3) is 4.95. The zero-order valence-corrected chi connectivity index (χ0v) is 12.8. The molecule has 0 unspecified atom stereocenters. The minimum Gasteiger partial charge on any atom is -0.451 e. The second kappa shape index (κ2) is 8.73. The number of nitrogens with two attached hydrogens (primary N) is 2. The molecule has 23 heavy (non-hydrogen) atoms. The summed E-state index contributed by atoms with van der Waals surface area (Å²) in [6, 6.07) is 7.02. The maximum atomic E-state index is 11.9. The van der Waals surface area contributed by atoms with Gasteiger partial charge in [-0.05, 0) is 49.6 Å². The second-order valence-electron chi connectivity index (χ2n) is 4.85. The van der Waals surface area contributed by atoms with E-state index in [0.29, 0.717) is 31.1 Å². The number of nitrogens with zero attached hydrogens (tertiary/aromatic N) is 1. The first-order valence-electron chi connectivity index (χ1n) is 7.48. The molecular formula is C17H20N4O2. The molecule has 0 fully saturated rings. The van der Waals surface area contributed by atoms with E-state index in [4.69, 9.17) is 15.9 Å². The minimum absolute atomic E-state index is 0.230. The van der Waals surface area contributed by atoms with Crippen LogP contribution in [0.25, 0.3) is 11.3 Å². The van der Waals surface area contributed by atoms with E-state index in [1.807, 2.05) is 6.07 Å². The van der Waals surface area contributed by atoms with Gasteiger partial charge >= 0.3 is 0 Å². The maximum Gasteiger partial charge on any atom is 0.287 e. The maximum absolute atomic E-state index is 11.9. The lowest BCUT2D eigenvalue weighted by molar-refractivity contribution is 0.0926. The van der Waals surface area contributed by atoms with Crippen LogP contribution < -0.4 is 16.8 Å². The van der Waals surface area contributed by atoms with Crippen molar-refractivity contribution >= 4 is 5.91 Å². The lowest BCUT2D eigenvalue weighted by Crippen LogP contribution is -2.24. The van der Waals surface area contributed by atoms with Crippen molar-refractivity contribution in [1.82, 2.24) is 10.3 Å². The summed E-state index contributed by atoms with van der Waals surface area (Å²) in [5, 5.41) is 2.80. The van der Waals surface area contributed by atoms with Crippen molar-refractivity contribution in [2.24, 2.45) is 11.5 Å². The number of pyridine rings is 1. The Balaban J connectivity index is 1.99. The van der Waals surface area contributed by atoms with Gasteiger partial charge in [0.1, 0.15) is 11.5 Å². The molecule has 120 valence electrons. The van der Waals surface area contributed by atoms with Crippen LogP contribution in [0.15, 0.2) is 34.9 Å². The summed E-state index contributed by atoms with van der Waals surface area (Å²) < 4.78 is 5.58. The Morgan fingerprint density at radius 1 is 1.22 bits per heavy atom. The van der Waals surface area contributed by atoms with Gasteiger partial charge in [-0.25, -0.2) is 4.98 Å². The molecule has 0 radical (unpaired) electrons. The summed E-state index contributed by atoms with van der Waals surface area (Å²) in [5.41, 5.74) is 12.2. The first kappa shape index (κ1) is 16.7. The minimum atomic E-state index is -0.230. The average molecular weight is 312 g/mol. The zero-order valence-electron chi connectivity index (χ0n) is 12.8. The SMILES string of the molecule is NCC#Cc1ccc(-c2ccc(C(=O)NCCCCN)o2)cn1. The van der Waals surface area contributed by atoms with Crippen LogP contribution in [0.5, 0.6) is 0 Å². The lowest BCUT2D eigenvalue weighted by Gasteiger charge is -2.02. The number of carbonyl (C=O) groups excluding carboxylic acids is 1. The predicted molar refractivity (Wildman–Crippen MR) is 88.5 cm³/mol. The van der Waals surface area contributed by atoms with Crippen molar-refractivity contribution in [2.45, 2.75) is 12.8 Å². The third-order valence-corrected chi connectivity index (χ3v) is 3.11. The first-order valence-corrected chi connectivity index (χ1v) is 7.48. The highest BCUT2D eigenvalue weighted by Gasteiger charge is 2.11. The van der Waals surface area contributed by atoms with Gasteiger partial charge in [-0.1, -0.05) is 5.92 Å². The first-order chi connectivity index (χ1) is 11.2. The Morgan fingerprint density at radius 3 is 2.78 bits per heavy atom. The van der Waals surface area contributed by atoms with Crippen LogP contribution in [0.3, 0.4) is 0 Å². The molecule has 6 heteroatoms. The van der Waals surface area contributed by atoms with E-state index in [1.54, 1.807) is 24.4 Å². The average Bonchev–Trinajstić information content (AvgIpc) is 3.07. The fourth-order valence-corrected chi connectivity index (χ4v) is 1.93. The van der Waals surface area contributed by atoms with Crippen molar-refractivity contribution < 1.29 is 9.21 Å². The van der Waals surface area contributed by atoms with E-state index in [-0.39, 0.29) is 11.7 Å². The van der Waals surface area contributed by atoms with Crippen molar-refractivity contribution in [3.05, 3.63) is 41.9 Å². The molecule has 2 aromatic heterocycles. The number of hydrogen-bond acceptors (Lipinski definition) is 5. The molecule has 0 aliphatic rings. The predicted octanol–water partition coefficient (Wildman–Crippen LogP) is 1.12. The summed E-state index contributed by atoms with van der Waals surface area (Å²) in [5.74, 6) is 6.23. The van der Waals surface area contributed by atoms with Crippen LogP contribution in [-0.2, 0) is 0 Å². The number of nitrogens with one attached hydrogen (secondary N) is 1. The van der Waals surface area contributed by atoms with Gasteiger partial charge in [0.05, 0.1) is 6.54 Å². The molecule has 2 rings (SSSR count). The van der Waals surface area contributed by atoms with Crippen molar-refractivity contribution in [1.29, 1.82) is 0 Å². The van der Waals surface area contributed by atoms with E-state index in [1.165, 1.54) is 0 Å². The number of carbonyl (C=O) groups is 1. The Kier molecular flexibility index (Phi) is 6.36. The summed E-state index contributed by atoms with van der Waals surface area (Å²) in [4.78, 5) is 16.2. The van der Waals surface area contributed by atoms with Crippen LogP contribution in [0.2, 0.25) is 0 Å². The molecular weight excluding hydrogens is 292 g/mol. The van der Waals surface area contributed by atoms with Gasteiger partial charge in [-0.2, -0.15) is 0 Å². The lowest BCUT2D eigenvalue weighted by atomic mass is 10.2. The van der Waals surface area contributed by atoms with Crippen molar-refractivity contribution in [3.8, 4) is 23.2 Å². The standard InChI is InChI=1S/C17H20N4O2/c18-9-1-2-11-20-17(22)16-8-7-15(23-16)13-5-6-14(21-12-13)4-3-10-19/h5-8,12H,1-2,9-11,18-19H2,(H,20,22). The van der Waals surface area contributed by atoms with Gasteiger partial charge in [0.15, 0.2) is 5.76 Å². The fraction of sp³-hybridized carbons (Fsp3) is 0.294. The molecule has 0 atom stereocenters. The molecule has 6 nitrogen and oxygen atoms in total. The molecule has 0 aliphatic heterocycles. The number of aromatic nitrogens is 1. The summed E-state index contributed by atoms with van der Waals surface area (Å²) in [6.45, 7) is 1.51. The number of amides is 1. The highest BCUT2D eigenvalue weighted by Crippen LogP contribution is 2.21. The van der Waals surface area contributed by atoms with E-state index < -0.39 is 0 Å². The number of furan rings is 1. The molecule has 0 bridgehead atoms. The van der Waals surface area contributed by atoms with Crippen molar-refractivity contribution in [2.75, 3.05) is 19.6 Å². The van der Waals surface area contributed by atoms with Gasteiger partial charge in [0, 0.05) is 18.3 Å². The molecule has 2 heterocycles. The van der Waals surface area contributed by atoms with Crippen LogP contribution in [-0.4, -0.2) is 30.5 Å². The van der Waals surface area contributed by atoms with Crippen LogP contribution in [0, 0.1) is 11.8 Å². The smallest absolute Gasteiger partial charge is 0.287 e. The molecule has 0 saturated heterocycles. The quantitative estimate of drug-likeness (QED) is 0.547. The summed E-state index contributed by atoms with van der Waals surface area (Å²) in [7, 11) is 0. The van der Waals surface area contributed by atoms with Gasteiger partial charge in [0.2, 0.25) is 0 Å². The second-order valence-corrected chi connectivity index (χ2v) is 4.85. The Bertz CT molecular complexity index is 695. The van der Waals surface area contributed by atoms with Crippen LogP contribution in [0.4, 0.5) is 0 Å². The highest BCUT2D eigenvalue weighted by molar-refractivity contribution is 5.92. The highest BCUT2D eigenvalue weighted by atomic mass is 16.3. The van der Waals surface area contributed by atoms with Gasteiger partial charge in [0.25, 0.3) is 5.91 Å². The molecule has 0 aromatic carbocycles. The Hall–Kier alpha value is -2.62. The van der Waals surface area contributed by atoms with E-state index in [0.717, 1.165) is 18.4 Å². The van der Waals surface area contributed by atoms with Gasteiger partial charge < -0.3 is 21.2 Å². The number of hydrogen-bond donors (Lipinski definition) is 3. The fourth-order valence-electron chi connectivity index (χ4n) is 1.93. The Labute approximate surface area is 135 Å². The van der Waals surface area contributed by atoms with Gasteiger partial charge in [-0.15, -0.1) is 0 Å². The molecule has 0 saturated carbocycles. The third-order valence-electron chi connectivity index (χ3n) is 3.11. The van der Waals surface area contributed by atoms with Crippen LogP contribution in [0.1, 0.15) is 29.1 Å². The van der Waals surface area contributed by atoms with Gasteiger partial charge in [-0.3, -0.25) is 4.79 Å². The summed E-state index contributed by atoms with van der Waals surface area (Å²) >= 11 is 0. The normalized spacial score (nSPS) is 10.0. The monoisotopic (exact) mass is 312 g/mol. The van der Waals surface area contributed by atoms with E-state index in [2.05, 4.69) is 22.1 Å². The largest absolute Gasteiger partial charge is 0.451 e. The number of rotatable bonds is 6. The van der Waals surface area contributed by atoms with E-state index in [9.17, 15) is 4.79 Å². The topological polar surface area (TPSA) is 107 Å². The Morgan fingerprint density at radius 2 is 2.09 bits per heavy atom. The van der Waals surface area contributed by atoms with E-state index >= 15 is 0 Å². The molecule has 1 amide bonds. The number of unbranched alkanes of at least 4 members (excludes halogenated alkanes) is 1. The molecule has 2 aromatic rings. The summed E-state index contributed by atoms with van der Waals surface area (Å²) in [6.07, 6.45) is 3.39. The molecule has 5 N–H and O–H groups in total. The van der Waals surface area contributed by atoms with Crippen LogP contribution >= 0.6 is 0 Å². The molecule has 0 spiro atoms. The molecule has 0 aliphatic carbocycles. The zero-order chi connectivity index (χ0) is 16.5.